The Morgan fingerprint density at radius 3 is 2.65 bits per heavy atom. The number of pyridine rings is 1. The largest absolute Gasteiger partial charge is 0.522 e. The molecule has 2 fully saturated rings. The van der Waals surface area contributed by atoms with Crippen LogP contribution in [0, 0.1) is 5.82 Å². The van der Waals surface area contributed by atoms with Gasteiger partial charge in [0.15, 0.2) is 5.65 Å². The highest BCUT2D eigenvalue weighted by atomic mass is 19.4. The van der Waals surface area contributed by atoms with Crippen LogP contribution in [0.25, 0.3) is 33.2 Å². The van der Waals surface area contributed by atoms with Crippen molar-refractivity contribution in [1.82, 2.24) is 29.2 Å². The Hall–Kier alpha value is -3.46. The van der Waals surface area contributed by atoms with Gasteiger partial charge in [0.05, 0.1) is 30.0 Å². The molecule has 0 bridgehead atoms. The number of hydrogen-bond acceptors (Lipinski definition) is 8. The molecule has 2 aliphatic heterocycles. The summed E-state index contributed by atoms with van der Waals surface area (Å²) in [6.07, 6.45) is -2.61. The summed E-state index contributed by atoms with van der Waals surface area (Å²) in [4.78, 5) is 19.6. The Balaban J connectivity index is 1.19. The molecule has 0 N–H and O–H groups in total. The molecule has 1 aromatic carbocycles. The van der Waals surface area contributed by atoms with Gasteiger partial charge in [-0.1, -0.05) is 6.07 Å². The summed E-state index contributed by atoms with van der Waals surface area (Å²) in [6, 6.07) is 6.47. The molecule has 0 aliphatic carbocycles. The van der Waals surface area contributed by atoms with Gasteiger partial charge in [0.2, 0.25) is 0 Å². The average Bonchev–Trinajstić information content (AvgIpc) is 3.52. The number of fused-ring (bicyclic) bond motifs is 3. The van der Waals surface area contributed by atoms with E-state index in [1.165, 1.54) is 10.6 Å². The van der Waals surface area contributed by atoms with Crippen LogP contribution in [0.5, 0.6) is 0 Å². The SMILES string of the molecule is C[C@@H](OCCN1CC[C@H](OC(F)(F)F)C1)c1ccc(-c2cc3c(cc2F)nnc2c3n(C3CCOCC3)c(=O)n2C)cn1. The molecule has 230 valence electrons. The lowest BCUT2D eigenvalue weighted by Crippen LogP contribution is -2.30. The molecule has 5 heterocycles. The van der Waals surface area contributed by atoms with Crippen LogP contribution < -0.4 is 5.69 Å². The summed E-state index contributed by atoms with van der Waals surface area (Å²) in [6.45, 7) is 4.43. The molecule has 14 heteroatoms. The summed E-state index contributed by atoms with van der Waals surface area (Å²) in [7, 11) is 1.65. The molecule has 4 aromatic rings. The first kappa shape index (κ1) is 29.6. The van der Waals surface area contributed by atoms with Crippen molar-refractivity contribution in [3.63, 3.8) is 0 Å². The van der Waals surface area contributed by atoms with Crippen molar-refractivity contribution in [2.45, 2.75) is 50.8 Å². The minimum atomic E-state index is -4.63. The second-order valence-corrected chi connectivity index (χ2v) is 11.0. The van der Waals surface area contributed by atoms with Crippen LogP contribution in [0.1, 0.15) is 44.0 Å². The van der Waals surface area contributed by atoms with Gasteiger partial charge in [-0.25, -0.2) is 9.18 Å². The Morgan fingerprint density at radius 1 is 1.14 bits per heavy atom. The summed E-state index contributed by atoms with van der Waals surface area (Å²) in [5.74, 6) is -0.491. The number of hydrogen-bond donors (Lipinski definition) is 0. The molecule has 0 saturated carbocycles. The van der Waals surface area contributed by atoms with Crippen LogP contribution in [0.15, 0.2) is 35.3 Å². The summed E-state index contributed by atoms with van der Waals surface area (Å²) >= 11 is 0. The predicted octanol–water partition coefficient (Wildman–Crippen LogP) is 4.52. The van der Waals surface area contributed by atoms with Gasteiger partial charge < -0.3 is 9.47 Å². The topological polar surface area (TPSA) is 96.5 Å². The van der Waals surface area contributed by atoms with Gasteiger partial charge in [0, 0.05) is 74.7 Å². The normalized spacial score (nSPS) is 19.5. The lowest BCUT2D eigenvalue weighted by molar-refractivity contribution is -0.340. The van der Waals surface area contributed by atoms with E-state index in [9.17, 15) is 18.0 Å². The highest BCUT2D eigenvalue weighted by Crippen LogP contribution is 2.33. The Labute approximate surface area is 244 Å². The van der Waals surface area contributed by atoms with Crippen molar-refractivity contribution in [2.75, 3.05) is 39.5 Å². The Bertz CT molecular complexity index is 1670. The first-order valence-corrected chi connectivity index (χ1v) is 14.3. The molecule has 0 radical (unpaired) electrons. The lowest BCUT2D eigenvalue weighted by Gasteiger charge is -2.23. The number of aryl methyl sites for hydroxylation is 1. The molecule has 2 saturated heterocycles. The number of aromatic nitrogens is 5. The van der Waals surface area contributed by atoms with E-state index >= 15 is 4.39 Å². The maximum atomic E-state index is 15.4. The van der Waals surface area contributed by atoms with Gasteiger partial charge >= 0.3 is 12.1 Å². The highest BCUT2D eigenvalue weighted by molar-refractivity contribution is 6.02. The smallest absolute Gasteiger partial charge is 0.381 e. The van der Waals surface area contributed by atoms with Gasteiger partial charge in [-0.2, -0.15) is 0 Å². The van der Waals surface area contributed by atoms with Crippen LogP contribution >= 0.6 is 0 Å². The zero-order chi connectivity index (χ0) is 30.3. The molecule has 3 aromatic heterocycles. The van der Waals surface area contributed by atoms with E-state index in [1.54, 1.807) is 36.0 Å². The summed E-state index contributed by atoms with van der Waals surface area (Å²) < 4.78 is 71.4. The molecule has 43 heavy (non-hydrogen) atoms. The monoisotopic (exact) mass is 604 g/mol. The van der Waals surface area contributed by atoms with E-state index in [2.05, 4.69) is 19.9 Å². The number of benzene rings is 1. The van der Waals surface area contributed by atoms with Crippen molar-refractivity contribution in [3.05, 3.63) is 52.5 Å². The van der Waals surface area contributed by atoms with E-state index in [-0.39, 0.29) is 24.4 Å². The van der Waals surface area contributed by atoms with E-state index in [4.69, 9.17) is 9.47 Å². The van der Waals surface area contributed by atoms with Gasteiger partial charge in [0.1, 0.15) is 11.3 Å². The van der Waals surface area contributed by atoms with Crippen molar-refractivity contribution in [2.24, 2.45) is 7.05 Å². The Kier molecular flexibility index (Phi) is 8.20. The molecule has 10 nitrogen and oxygen atoms in total. The fourth-order valence-electron chi connectivity index (χ4n) is 5.95. The summed E-state index contributed by atoms with van der Waals surface area (Å²) in [5, 5.41) is 9.06. The Morgan fingerprint density at radius 2 is 1.93 bits per heavy atom. The van der Waals surface area contributed by atoms with Gasteiger partial charge in [-0.15, -0.1) is 23.4 Å². The second-order valence-electron chi connectivity index (χ2n) is 11.0. The third kappa shape index (κ3) is 6.14. The fourth-order valence-corrected chi connectivity index (χ4v) is 5.95. The minimum absolute atomic E-state index is 0.0617. The van der Waals surface area contributed by atoms with Gasteiger partial charge in [-0.3, -0.25) is 23.8 Å². The number of alkyl halides is 3. The first-order valence-electron chi connectivity index (χ1n) is 14.3. The standard InChI is InChI=1S/C29H32F4N6O4/c1-17(42-12-9-38-8-5-20(16-38)43-29(31,32)33)24-4-3-18(15-34-24)21-13-22-25(14-23(21)30)35-36-27-26(22)39(28(40)37(27)2)19-6-10-41-11-7-19/h3-4,13-15,17,19-20H,5-12,16H2,1-2H3/t17-,20+/m1/s1. The van der Waals surface area contributed by atoms with Crippen LogP contribution in [0.2, 0.25) is 0 Å². The maximum Gasteiger partial charge on any atom is 0.522 e. The van der Waals surface area contributed by atoms with E-state index in [0.29, 0.717) is 91.1 Å². The van der Waals surface area contributed by atoms with Crippen LogP contribution in [0.3, 0.4) is 0 Å². The third-order valence-electron chi connectivity index (χ3n) is 8.23. The second kappa shape index (κ2) is 11.9. The van der Waals surface area contributed by atoms with Crippen LogP contribution in [0.4, 0.5) is 17.6 Å². The number of nitrogens with zero attached hydrogens (tertiary/aromatic N) is 6. The average molecular weight is 605 g/mol. The molecule has 0 amide bonds. The zero-order valence-electron chi connectivity index (χ0n) is 23.8. The predicted molar refractivity (Wildman–Crippen MR) is 149 cm³/mol. The van der Waals surface area contributed by atoms with E-state index < -0.39 is 18.3 Å². The summed E-state index contributed by atoms with van der Waals surface area (Å²) in [5.41, 5.74) is 2.69. The third-order valence-corrected chi connectivity index (χ3v) is 8.23. The minimum Gasteiger partial charge on any atom is -0.381 e. The fraction of sp³-hybridized carbons (Fsp3) is 0.517. The van der Waals surface area contributed by atoms with Crippen molar-refractivity contribution in [1.29, 1.82) is 0 Å². The number of rotatable bonds is 8. The molecule has 0 unspecified atom stereocenters. The highest BCUT2D eigenvalue weighted by Gasteiger charge is 2.36. The first-order chi connectivity index (χ1) is 20.6. The molecular formula is C29H32F4N6O4. The maximum absolute atomic E-state index is 15.4. The van der Waals surface area contributed by atoms with Crippen molar-refractivity contribution >= 4 is 22.1 Å². The quantitative estimate of drug-likeness (QED) is 0.271. The number of imidazole rings is 1. The van der Waals surface area contributed by atoms with E-state index in [1.807, 2.05) is 11.8 Å². The molecule has 6 rings (SSSR count). The molecule has 2 aliphatic rings. The lowest BCUT2D eigenvalue weighted by atomic mass is 10.0. The van der Waals surface area contributed by atoms with Crippen molar-refractivity contribution < 1.29 is 31.8 Å². The molecule has 2 atom stereocenters. The number of halogens is 4. The van der Waals surface area contributed by atoms with Crippen molar-refractivity contribution in [3.8, 4) is 11.1 Å². The van der Waals surface area contributed by atoms with Gasteiger partial charge in [-0.05, 0) is 38.3 Å². The number of ether oxygens (including phenoxy) is 3. The zero-order valence-corrected chi connectivity index (χ0v) is 23.8. The van der Waals surface area contributed by atoms with Gasteiger partial charge in [0.25, 0.3) is 0 Å². The molecule has 0 spiro atoms. The number of likely N-dealkylation sites (tertiary alicyclic amines) is 1. The van der Waals surface area contributed by atoms with Crippen LogP contribution in [-0.2, 0) is 21.3 Å². The van der Waals surface area contributed by atoms with E-state index in [0.717, 1.165) is 0 Å². The molecular weight excluding hydrogens is 572 g/mol. The van der Waals surface area contributed by atoms with Crippen LogP contribution in [-0.4, -0.2) is 81.1 Å².